The fourth-order valence-corrected chi connectivity index (χ4v) is 5.94. The Kier molecular flexibility index (Phi) is 2.80. The van der Waals surface area contributed by atoms with E-state index in [2.05, 4.69) is 19.2 Å². The van der Waals surface area contributed by atoms with Gasteiger partial charge in [-0.1, -0.05) is 0 Å². The van der Waals surface area contributed by atoms with Crippen LogP contribution in [0.2, 0.25) is 0 Å². The Labute approximate surface area is 117 Å². The second-order valence-corrected chi connectivity index (χ2v) is 8.65. The fourth-order valence-electron chi connectivity index (χ4n) is 5.94. The summed E-state index contributed by atoms with van der Waals surface area (Å²) in [6.07, 6.45) is 10.6. The molecule has 5 aliphatic rings. The minimum Gasteiger partial charge on any atom is -0.376 e. The molecule has 1 saturated heterocycles. The summed E-state index contributed by atoms with van der Waals surface area (Å²) in [6.45, 7) is 6.67. The van der Waals surface area contributed by atoms with Crippen LogP contribution in [0.3, 0.4) is 0 Å². The molecular formula is C17H29NO. The largest absolute Gasteiger partial charge is 0.376 e. The van der Waals surface area contributed by atoms with Crippen molar-refractivity contribution in [2.24, 2.45) is 23.2 Å². The zero-order valence-corrected chi connectivity index (χ0v) is 12.6. The van der Waals surface area contributed by atoms with Gasteiger partial charge in [-0.3, -0.25) is 0 Å². The lowest BCUT2D eigenvalue weighted by atomic mass is 9.48. The molecule has 1 atom stereocenters. The number of ether oxygens (including phenoxy) is 1. The van der Waals surface area contributed by atoms with Gasteiger partial charge in [0, 0.05) is 18.7 Å². The Morgan fingerprint density at radius 1 is 0.947 bits per heavy atom. The van der Waals surface area contributed by atoms with Crippen LogP contribution in [0.4, 0.5) is 0 Å². The molecule has 1 N–H and O–H groups in total. The normalized spacial score (nSPS) is 52.1. The first-order chi connectivity index (χ1) is 9.05. The standard InChI is InChI=1S/C17H29NO/c1-16(2)3-4-19-15(11-18-16)17-8-12-5-13(9-17)7-14(6-12)10-17/h12-15,18H,3-11H2,1-2H3. The first kappa shape index (κ1) is 12.6. The molecule has 0 amide bonds. The molecule has 2 nitrogen and oxygen atoms in total. The molecule has 2 heteroatoms. The summed E-state index contributed by atoms with van der Waals surface area (Å²) in [5, 5.41) is 3.77. The van der Waals surface area contributed by atoms with E-state index in [9.17, 15) is 0 Å². The van der Waals surface area contributed by atoms with E-state index in [0.717, 1.165) is 37.3 Å². The van der Waals surface area contributed by atoms with E-state index in [1.165, 1.54) is 38.5 Å². The third-order valence-electron chi connectivity index (χ3n) is 6.58. The SMILES string of the molecule is CC1(C)CCOC(C23CC4CC(CC(C4)C2)C3)CN1. The van der Waals surface area contributed by atoms with Crippen molar-refractivity contribution < 1.29 is 4.74 Å². The second-order valence-electron chi connectivity index (χ2n) is 8.65. The third kappa shape index (κ3) is 2.15. The van der Waals surface area contributed by atoms with Crippen molar-refractivity contribution in [3.05, 3.63) is 0 Å². The average molecular weight is 263 g/mol. The molecule has 5 fully saturated rings. The maximum absolute atomic E-state index is 6.36. The van der Waals surface area contributed by atoms with E-state index in [4.69, 9.17) is 4.74 Å². The van der Waals surface area contributed by atoms with E-state index in [1.54, 1.807) is 0 Å². The Balaban J connectivity index is 1.55. The molecule has 19 heavy (non-hydrogen) atoms. The summed E-state index contributed by atoms with van der Waals surface area (Å²) in [6, 6.07) is 0. The Morgan fingerprint density at radius 3 is 2.11 bits per heavy atom. The van der Waals surface area contributed by atoms with Gasteiger partial charge >= 0.3 is 0 Å². The van der Waals surface area contributed by atoms with Crippen LogP contribution in [-0.2, 0) is 4.74 Å². The zero-order valence-electron chi connectivity index (χ0n) is 12.6. The van der Waals surface area contributed by atoms with Crippen LogP contribution < -0.4 is 5.32 Å². The summed E-state index contributed by atoms with van der Waals surface area (Å²) in [5.41, 5.74) is 0.805. The molecule has 1 aliphatic heterocycles. The van der Waals surface area contributed by atoms with Crippen molar-refractivity contribution in [2.45, 2.75) is 70.4 Å². The van der Waals surface area contributed by atoms with Crippen LogP contribution in [0.1, 0.15) is 58.8 Å². The first-order valence-electron chi connectivity index (χ1n) is 8.41. The predicted molar refractivity (Wildman–Crippen MR) is 77.0 cm³/mol. The van der Waals surface area contributed by atoms with Gasteiger partial charge in [-0.15, -0.1) is 0 Å². The first-order valence-corrected chi connectivity index (χ1v) is 8.41. The van der Waals surface area contributed by atoms with Gasteiger partial charge in [0.15, 0.2) is 0 Å². The summed E-state index contributed by atoms with van der Waals surface area (Å²) in [7, 11) is 0. The lowest BCUT2D eigenvalue weighted by Crippen LogP contribution is -2.55. The van der Waals surface area contributed by atoms with E-state index < -0.39 is 0 Å². The van der Waals surface area contributed by atoms with Gasteiger partial charge in [-0.2, -0.15) is 0 Å². The molecule has 5 rings (SSSR count). The quantitative estimate of drug-likeness (QED) is 0.783. The fraction of sp³-hybridized carbons (Fsp3) is 1.00. The van der Waals surface area contributed by atoms with Crippen LogP contribution in [0.25, 0.3) is 0 Å². The molecule has 1 unspecified atom stereocenters. The van der Waals surface area contributed by atoms with Crippen molar-refractivity contribution >= 4 is 0 Å². The summed E-state index contributed by atoms with van der Waals surface area (Å²) >= 11 is 0. The number of nitrogens with one attached hydrogen (secondary N) is 1. The minimum atomic E-state index is 0.261. The molecule has 0 aromatic heterocycles. The highest BCUT2D eigenvalue weighted by molar-refractivity contribution is 5.06. The van der Waals surface area contributed by atoms with Crippen molar-refractivity contribution in [3.8, 4) is 0 Å². The summed E-state index contributed by atoms with van der Waals surface area (Å²) in [5.74, 6) is 3.10. The molecule has 0 radical (unpaired) electrons. The van der Waals surface area contributed by atoms with E-state index in [1.807, 2.05) is 0 Å². The monoisotopic (exact) mass is 263 g/mol. The van der Waals surface area contributed by atoms with Crippen LogP contribution in [-0.4, -0.2) is 24.8 Å². The number of hydrogen-bond acceptors (Lipinski definition) is 2. The van der Waals surface area contributed by atoms with E-state index in [0.29, 0.717) is 11.5 Å². The lowest BCUT2D eigenvalue weighted by molar-refractivity contribution is -0.136. The van der Waals surface area contributed by atoms with Crippen molar-refractivity contribution in [1.82, 2.24) is 5.32 Å². The van der Waals surface area contributed by atoms with Gasteiger partial charge in [0.2, 0.25) is 0 Å². The lowest BCUT2D eigenvalue weighted by Gasteiger charge is -2.59. The summed E-state index contributed by atoms with van der Waals surface area (Å²) < 4.78 is 6.36. The average Bonchev–Trinajstić information content (AvgIpc) is 2.48. The Hall–Kier alpha value is -0.0800. The molecule has 1 heterocycles. The molecule has 0 spiro atoms. The van der Waals surface area contributed by atoms with Gasteiger partial charge in [0.1, 0.15) is 0 Å². The van der Waals surface area contributed by atoms with Crippen LogP contribution >= 0.6 is 0 Å². The molecule has 0 aromatic carbocycles. The second kappa shape index (κ2) is 4.21. The minimum absolute atomic E-state index is 0.261. The van der Waals surface area contributed by atoms with E-state index >= 15 is 0 Å². The van der Waals surface area contributed by atoms with Crippen molar-refractivity contribution in [3.63, 3.8) is 0 Å². The van der Waals surface area contributed by atoms with Crippen LogP contribution in [0.5, 0.6) is 0 Å². The van der Waals surface area contributed by atoms with Gasteiger partial charge in [0.05, 0.1) is 6.10 Å². The summed E-state index contributed by atoms with van der Waals surface area (Å²) in [4.78, 5) is 0. The third-order valence-corrected chi connectivity index (χ3v) is 6.58. The molecule has 4 bridgehead atoms. The molecular weight excluding hydrogens is 234 g/mol. The number of rotatable bonds is 1. The topological polar surface area (TPSA) is 21.3 Å². The molecule has 0 aromatic rings. The maximum Gasteiger partial charge on any atom is 0.0755 e. The van der Waals surface area contributed by atoms with Crippen molar-refractivity contribution in [1.29, 1.82) is 0 Å². The van der Waals surface area contributed by atoms with E-state index in [-0.39, 0.29) is 5.54 Å². The Morgan fingerprint density at radius 2 is 1.53 bits per heavy atom. The number of hydrogen-bond donors (Lipinski definition) is 1. The van der Waals surface area contributed by atoms with Gasteiger partial charge in [-0.05, 0) is 82.0 Å². The molecule has 4 saturated carbocycles. The maximum atomic E-state index is 6.36. The van der Waals surface area contributed by atoms with Gasteiger partial charge in [0.25, 0.3) is 0 Å². The Bertz CT molecular complexity index is 327. The highest BCUT2D eigenvalue weighted by atomic mass is 16.5. The highest BCUT2D eigenvalue weighted by Gasteiger charge is 2.54. The zero-order chi connectivity index (χ0) is 13.1. The van der Waals surface area contributed by atoms with Crippen LogP contribution in [0.15, 0.2) is 0 Å². The smallest absolute Gasteiger partial charge is 0.0755 e. The predicted octanol–water partition coefficient (Wildman–Crippen LogP) is 3.36. The molecule has 108 valence electrons. The van der Waals surface area contributed by atoms with Gasteiger partial charge in [-0.25, -0.2) is 0 Å². The van der Waals surface area contributed by atoms with Crippen molar-refractivity contribution in [2.75, 3.05) is 13.2 Å². The highest BCUT2D eigenvalue weighted by Crippen LogP contribution is 2.61. The molecule has 4 aliphatic carbocycles. The van der Waals surface area contributed by atoms with Gasteiger partial charge < -0.3 is 10.1 Å². The van der Waals surface area contributed by atoms with Crippen LogP contribution in [0, 0.1) is 23.2 Å².